The van der Waals surface area contributed by atoms with Crippen LogP contribution in [0, 0.1) is 5.92 Å². The van der Waals surface area contributed by atoms with Crippen molar-refractivity contribution in [1.82, 2.24) is 10.2 Å². The standard InChI is InChI=1S/C11H21N3O/c1-8-3-2-6-14(10(8)7-12)11(15)13-9-4-5-9/h8-10H,2-7,12H2,1H3,(H,13,15). The fraction of sp³-hybridized carbons (Fsp3) is 0.909. The Hall–Kier alpha value is -0.770. The minimum absolute atomic E-state index is 0.0968. The summed E-state index contributed by atoms with van der Waals surface area (Å²) in [4.78, 5) is 13.9. The van der Waals surface area contributed by atoms with Crippen LogP contribution >= 0.6 is 0 Å². The third kappa shape index (κ3) is 2.43. The predicted octanol–water partition coefficient (Wildman–Crippen LogP) is 0.918. The van der Waals surface area contributed by atoms with E-state index in [0.29, 0.717) is 18.5 Å². The Morgan fingerprint density at radius 3 is 2.80 bits per heavy atom. The van der Waals surface area contributed by atoms with Gasteiger partial charge in [-0.1, -0.05) is 6.92 Å². The molecule has 1 saturated carbocycles. The second kappa shape index (κ2) is 4.39. The third-order valence-corrected chi connectivity index (χ3v) is 3.52. The molecule has 1 heterocycles. The molecule has 86 valence electrons. The molecule has 2 rings (SSSR count). The van der Waals surface area contributed by atoms with E-state index in [1.165, 1.54) is 6.42 Å². The van der Waals surface area contributed by atoms with Gasteiger partial charge in [0, 0.05) is 25.2 Å². The molecule has 2 atom stereocenters. The van der Waals surface area contributed by atoms with Crippen LogP contribution in [0.15, 0.2) is 0 Å². The number of hydrogen-bond donors (Lipinski definition) is 2. The zero-order valence-corrected chi connectivity index (χ0v) is 9.41. The maximum atomic E-state index is 11.9. The minimum atomic E-state index is 0.0968. The van der Waals surface area contributed by atoms with Crippen LogP contribution in [0.4, 0.5) is 4.79 Å². The maximum absolute atomic E-state index is 11.9. The second-order valence-corrected chi connectivity index (χ2v) is 4.84. The van der Waals surface area contributed by atoms with Crippen molar-refractivity contribution in [1.29, 1.82) is 0 Å². The van der Waals surface area contributed by atoms with E-state index in [4.69, 9.17) is 5.73 Å². The summed E-state index contributed by atoms with van der Waals surface area (Å²) in [6.07, 6.45) is 4.58. The highest BCUT2D eigenvalue weighted by molar-refractivity contribution is 5.75. The Kier molecular flexibility index (Phi) is 3.14. The number of urea groups is 1. The molecule has 2 aliphatic rings. The van der Waals surface area contributed by atoms with Gasteiger partial charge < -0.3 is 16.0 Å². The molecule has 0 spiro atoms. The topological polar surface area (TPSA) is 58.4 Å². The van der Waals surface area contributed by atoms with Crippen molar-refractivity contribution in [3.05, 3.63) is 0 Å². The Morgan fingerprint density at radius 2 is 2.20 bits per heavy atom. The summed E-state index contributed by atoms with van der Waals surface area (Å²) in [7, 11) is 0. The highest BCUT2D eigenvalue weighted by Gasteiger charge is 2.33. The summed E-state index contributed by atoms with van der Waals surface area (Å²) in [5.74, 6) is 0.536. The van der Waals surface area contributed by atoms with E-state index in [1.807, 2.05) is 4.90 Å². The highest BCUT2D eigenvalue weighted by atomic mass is 16.2. The second-order valence-electron chi connectivity index (χ2n) is 4.84. The van der Waals surface area contributed by atoms with Gasteiger partial charge in [-0.05, 0) is 31.6 Å². The van der Waals surface area contributed by atoms with Crippen LogP contribution in [0.3, 0.4) is 0 Å². The van der Waals surface area contributed by atoms with Crippen LogP contribution in [-0.4, -0.2) is 36.1 Å². The van der Waals surface area contributed by atoms with E-state index in [-0.39, 0.29) is 12.1 Å². The number of nitrogens with zero attached hydrogens (tertiary/aromatic N) is 1. The van der Waals surface area contributed by atoms with Crippen LogP contribution in [0.2, 0.25) is 0 Å². The normalized spacial score (nSPS) is 31.5. The third-order valence-electron chi connectivity index (χ3n) is 3.52. The fourth-order valence-corrected chi connectivity index (χ4v) is 2.35. The lowest BCUT2D eigenvalue weighted by atomic mass is 9.91. The molecule has 4 nitrogen and oxygen atoms in total. The zero-order valence-electron chi connectivity index (χ0n) is 9.41. The molecule has 0 aromatic carbocycles. The first-order valence-corrected chi connectivity index (χ1v) is 5.99. The quantitative estimate of drug-likeness (QED) is 0.713. The van der Waals surface area contributed by atoms with E-state index in [9.17, 15) is 4.79 Å². The Labute approximate surface area is 91.2 Å². The molecule has 2 amide bonds. The molecule has 1 aliphatic heterocycles. The molecular weight excluding hydrogens is 190 g/mol. The number of amides is 2. The molecule has 0 aromatic heterocycles. The van der Waals surface area contributed by atoms with E-state index in [0.717, 1.165) is 25.8 Å². The zero-order chi connectivity index (χ0) is 10.8. The average Bonchev–Trinajstić information content (AvgIpc) is 3.01. The number of likely N-dealkylation sites (tertiary alicyclic amines) is 1. The molecule has 0 radical (unpaired) electrons. The molecule has 0 bridgehead atoms. The van der Waals surface area contributed by atoms with Gasteiger partial charge >= 0.3 is 6.03 Å². The molecule has 1 saturated heterocycles. The van der Waals surface area contributed by atoms with Crippen molar-refractivity contribution in [3.63, 3.8) is 0 Å². The first-order chi connectivity index (χ1) is 7.22. The van der Waals surface area contributed by atoms with Gasteiger partial charge in [-0.3, -0.25) is 0 Å². The Balaban J connectivity index is 1.94. The number of piperidine rings is 1. The average molecular weight is 211 g/mol. The summed E-state index contributed by atoms with van der Waals surface area (Å²) < 4.78 is 0. The molecule has 0 aromatic rings. The Bertz CT molecular complexity index is 240. The van der Waals surface area contributed by atoms with Gasteiger partial charge in [-0.15, -0.1) is 0 Å². The van der Waals surface area contributed by atoms with Gasteiger partial charge in [0.05, 0.1) is 0 Å². The van der Waals surface area contributed by atoms with Crippen LogP contribution in [0.1, 0.15) is 32.6 Å². The van der Waals surface area contributed by atoms with Crippen LogP contribution in [0.25, 0.3) is 0 Å². The SMILES string of the molecule is CC1CCCN(C(=O)NC2CC2)C1CN. The van der Waals surface area contributed by atoms with Crippen molar-refractivity contribution in [2.24, 2.45) is 11.7 Å². The van der Waals surface area contributed by atoms with Gasteiger partial charge in [0.25, 0.3) is 0 Å². The summed E-state index contributed by atoms with van der Waals surface area (Å²) in [5.41, 5.74) is 5.75. The van der Waals surface area contributed by atoms with E-state index in [1.54, 1.807) is 0 Å². The lowest BCUT2D eigenvalue weighted by molar-refractivity contribution is 0.123. The van der Waals surface area contributed by atoms with Crippen molar-refractivity contribution >= 4 is 6.03 Å². The molecule has 15 heavy (non-hydrogen) atoms. The lowest BCUT2D eigenvalue weighted by Gasteiger charge is -2.39. The van der Waals surface area contributed by atoms with E-state index >= 15 is 0 Å². The van der Waals surface area contributed by atoms with Crippen molar-refractivity contribution in [3.8, 4) is 0 Å². The summed E-state index contributed by atoms with van der Waals surface area (Å²) in [6, 6.07) is 0.769. The molecule has 1 aliphatic carbocycles. The van der Waals surface area contributed by atoms with E-state index < -0.39 is 0 Å². The number of nitrogens with two attached hydrogens (primary N) is 1. The van der Waals surface area contributed by atoms with E-state index in [2.05, 4.69) is 12.2 Å². The maximum Gasteiger partial charge on any atom is 0.317 e. The molecule has 2 fully saturated rings. The molecule has 3 N–H and O–H groups in total. The molecule has 4 heteroatoms. The summed E-state index contributed by atoms with van der Waals surface area (Å²) in [6.45, 7) is 3.64. The van der Waals surface area contributed by atoms with Gasteiger partial charge in [-0.25, -0.2) is 4.79 Å². The van der Waals surface area contributed by atoms with Crippen molar-refractivity contribution < 1.29 is 4.79 Å². The number of carbonyl (C=O) groups excluding carboxylic acids is 1. The monoisotopic (exact) mass is 211 g/mol. The lowest BCUT2D eigenvalue weighted by Crippen LogP contribution is -2.54. The van der Waals surface area contributed by atoms with Crippen molar-refractivity contribution in [2.45, 2.75) is 44.7 Å². The van der Waals surface area contributed by atoms with Crippen LogP contribution in [-0.2, 0) is 0 Å². The van der Waals surface area contributed by atoms with Crippen molar-refractivity contribution in [2.75, 3.05) is 13.1 Å². The number of rotatable bonds is 2. The summed E-state index contributed by atoms with van der Waals surface area (Å²) >= 11 is 0. The number of carbonyl (C=O) groups is 1. The first kappa shape index (κ1) is 10.7. The smallest absolute Gasteiger partial charge is 0.317 e. The largest absolute Gasteiger partial charge is 0.335 e. The summed E-state index contributed by atoms with van der Waals surface area (Å²) in [5, 5.41) is 3.04. The number of nitrogens with one attached hydrogen (secondary N) is 1. The van der Waals surface area contributed by atoms with Gasteiger partial charge in [0.2, 0.25) is 0 Å². The number of hydrogen-bond acceptors (Lipinski definition) is 2. The highest BCUT2D eigenvalue weighted by Crippen LogP contribution is 2.24. The van der Waals surface area contributed by atoms with Gasteiger partial charge in [0.15, 0.2) is 0 Å². The Morgan fingerprint density at radius 1 is 1.47 bits per heavy atom. The fourth-order valence-electron chi connectivity index (χ4n) is 2.35. The first-order valence-electron chi connectivity index (χ1n) is 5.99. The molecule has 2 unspecified atom stereocenters. The van der Waals surface area contributed by atoms with Crippen LogP contribution < -0.4 is 11.1 Å². The molecular formula is C11H21N3O. The van der Waals surface area contributed by atoms with Gasteiger partial charge in [-0.2, -0.15) is 0 Å². The van der Waals surface area contributed by atoms with Gasteiger partial charge in [0.1, 0.15) is 0 Å². The predicted molar refractivity (Wildman–Crippen MR) is 59.5 cm³/mol. The minimum Gasteiger partial charge on any atom is -0.335 e. The van der Waals surface area contributed by atoms with Crippen LogP contribution in [0.5, 0.6) is 0 Å².